The van der Waals surface area contributed by atoms with E-state index in [0.717, 1.165) is 24.2 Å². The van der Waals surface area contributed by atoms with E-state index >= 15 is 0 Å². The van der Waals surface area contributed by atoms with Crippen LogP contribution < -0.4 is 22.3 Å². The number of anilines is 3. The topological polar surface area (TPSA) is 102 Å². The van der Waals surface area contributed by atoms with Crippen LogP contribution in [0.25, 0.3) is 0 Å². The second kappa shape index (κ2) is 6.56. The number of hydrazine groups is 1. The highest BCUT2D eigenvalue weighted by Crippen LogP contribution is 2.30. The quantitative estimate of drug-likeness (QED) is 0.479. The van der Waals surface area contributed by atoms with Gasteiger partial charge in [-0.15, -0.1) is 0 Å². The van der Waals surface area contributed by atoms with Gasteiger partial charge in [0.15, 0.2) is 0 Å². The van der Waals surface area contributed by atoms with E-state index in [9.17, 15) is 0 Å². The maximum atomic E-state index is 5.61. The van der Waals surface area contributed by atoms with Gasteiger partial charge in [0.25, 0.3) is 0 Å². The molecule has 6 N–H and O–H groups in total. The monoisotopic (exact) mass is 264 g/mol. The Morgan fingerprint density at radius 3 is 2.84 bits per heavy atom. The van der Waals surface area contributed by atoms with Crippen LogP contribution in [0.4, 0.5) is 17.6 Å². The molecule has 0 aliphatic heterocycles. The maximum absolute atomic E-state index is 5.61. The lowest BCUT2D eigenvalue weighted by Crippen LogP contribution is -2.17. The number of nitrogens with two attached hydrogens (primary N) is 2. The van der Waals surface area contributed by atoms with Crippen LogP contribution in [0.1, 0.15) is 39.0 Å². The first-order valence-electron chi connectivity index (χ1n) is 7.02. The molecule has 0 saturated heterocycles. The van der Waals surface area contributed by atoms with Gasteiger partial charge in [-0.3, -0.25) is 0 Å². The maximum Gasteiger partial charge on any atom is 0.223 e. The molecule has 1 aliphatic carbocycles. The summed E-state index contributed by atoms with van der Waals surface area (Å²) in [5.41, 5.74) is 8.09. The van der Waals surface area contributed by atoms with Crippen LogP contribution >= 0.6 is 0 Å². The average molecular weight is 264 g/mol. The van der Waals surface area contributed by atoms with Crippen LogP contribution in [0.5, 0.6) is 0 Å². The Labute approximate surface area is 114 Å². The lowest BCUT2D eigenvalue weighted by atomic mass is 9.81. The molecule has 1 fully saturated rings. The van der Waals surface area contributed by atoms with Gasteiger partial charge in [0.05, 0.1) is 0 Å². The molecule has 106 valence electrons. The molecule has 0 amide bonds. The number of aromatic nitrogens is 2. The Hall–Kier alpha value is -1.56. The molecule has 1 aliphatic rings. The number of hydrogen-bond donors (Lipinski definition) is 4. The van der Waals surface area contributed by atoms with Crippen molar-refractivity contribution in [3.05, 3.63) is 6.07 Å². The summed E-state index contributed by atoms with van der Waals surface area (Å²) in [6, 6.07) is 1.76. The van der Waals surface area contributed by atoms with Crippen molar-refractivity contribution in [2.45, 2.75) is 39.0 Å². The number of nitrogens with zero attached hydrogens (tertiary/aromatic N) is 2. The van der Waals surface area contributed by atoms with Gasteiger partial charge in [-0.2, -0.15) is 9.97 Å². The van der Waals surface area contributed by atoms with E-state index in [4.69, 9.17) is 11.6 Å². The standard InChI is InChI=1S/C13H24N6/c1-9-3-2-4-10(7-9)5-6-16-11-8-12(19-15)18-13(14)17-11/h8-10H,2-7,15H2,1H3,(H4,14,16,17,18,19). The molecule has 0 bridgehead atoms. The highest BCUT2D eigenvalue weighted by molar-refractivity contribution is 5.50. The molecule has 2 unspecified atom stereocenters. The Kier molecular flexibility index (Phi) is 4.79. The van der Waals surface area contributed by atoms with E-state index in [1.807, 2.05) is 0 Å². The van der Waals surface area contributed by atoms with Gasteiger partial charge in [0.1, 0.15) is 11.6 Å². The van der Waals surface area contributed by atoms with Crippen molar-refractivity contribution in [2.24, 2.45) is 17.7 Å². The minimum atomic E-state index is 0.226. The Balaban J connectivity index is 1.80. The third-order valence-electron chi connectivity index (χ3n) is 3.80. The minimum Gasteiger partial charge on any atom is -0.370 e. The fourth-order valence-corrected chi connectivity index (χ4v) is 2.86. The zero-order valence-corrected chi connectivity index (χ0v) is 11.5. The fourth-order valence-electron chi connectivity index (χ4n) is 2.86. The molecule has 19 heavy (non-hydrogen) atoms. The van der Waals surface area contributed by atoms with E-state index < -0.39 is 0 Å². The smallest absolute Gasteiger partial charge is 0.223 e. The molecule has 1 aromatic heterocycles. The largest absolute Gasteiger partial charge is 0.370 e. The first kappa shape index (κ1) is 13.9. The van der Waals surface area contributed by atoms with Gasteiger partial charge in [-0.1, -0.05) is 26.2 Å². The van der Waals surface area contributed by atoms with Crippen LogP contribution in [0.15, 0.2) is 6.07 Å². The van der Waals surface area contributed by atoms with Crippen molar-refractivity contribution >= 4 is 17.6 Å². The van der Waals surface area contributed by atoms with Gasteiger partial charge in [0, 0.05) is 12.6 Å². The number of hydrogen-bond acceptors (Lipinski definition) is 6. The van der Waals surface area contributed by atoms with Crippen molar-refractivity contribution in [1.82, 2.24) is 9.97 Å². The SMILES string of the molecule is CC1CCCC(CCNc2cc(NN)nc(N)n2)C1. The van der Waals surface area contributed by atoms with Gasteiger partial charge in [-0.05, 0) is 24.7 Å². The normalized spacial score (nSPS) is 23.1. The number of nitrogen functional groups attached to an aromatic ring is 2. The van der Waals surface area contributed by atoms with Crippen LogP contribution in [0, 0.1) is 11.8 Å². The zero-order chi connectivity index (χ0) is 13.7. The summed E-state index contributed by atoms with van der Waals surface area (Å²) < 4.78 is 0. The van der Waals surface area contributed by atoms with Crippen molar-refractivity contribution in [3.8, 4) is 0 Å². The summed E-state index contributed by atoms with van der Waals surface area (Å²) in [6.07, 6.45) is 6.64. The zero-order valence-electron chi connectivity index (χ0n) is 11.5. The van der Waals surface area contributed by atoms with Crippen LogP contribution in [0.2, 0.25) is 0 Å². The average Bonchev–Trinajstić information content (AvgIpc) is 2.38. The van der Waals surface area contributed by atoms with Crippen molar-refractivity contribution in [1.29, 1.82) is 0 Å². The summed E-state index contributed by atoms with van der Waals surface area (Å²) in [5, 5.41) is 3.30. The molecule has 2 rings (SSSR count). The molecule has 1 heterocycles. The first-order valence-corrected chi connectivity index (χ1v) is 7.02. The number of rotatable bonds is 5. The van der Waals surface area contributed by atoms with E-state index in [-0.39, 0.29) is 5.95 Å². The highest BCUT2D eigenvalue weighted by Gasteiger charge is 2.18. The minimum absolute atomic E-state index is 0.226. The second-order valence-corrected chi connectivity index (χ2v) is 5.49. The Morgan fingerprint density at radius 1 is 1.32 bits per heavy atom. The van der Waals surface area contributed by atoms with Gasteiger partial charge in [-0.25, -0.2) is 5.84 Å². The molecule has 2 atom stereocenters. The molecule has 1 aromatic rings. The second-order valence-electron chi connectivity index (χ2n) is 5.49. The summed E-state index contributed by atoms with van der Waals surface area (Å²) in [5.74, 6) is 8.52. The highest BCUT2D eigenvalue weighted by atomic mass is 15.3. The fraction of sp³-hybridized carbons (Fsp3) is 0.692. The van der Waals surface area contributed by atoms with E-state index in [2.05, 4.69) is 27.6 Å². The first-order chi connectivity index (χ1) is 9.17. The van der Waals surface area contributed by atoms with Crippen molar-refractivity contribution < 1.29 is 0 Å². The lowest BCUT2D eigenvalue weighted by molar-refractivity contribution is 0.274. The third-order valence-corrected chi connectivity index (χ3v) is 3.80. The summed E-state index contributed by atoms with van der Waals surface area (Å²) in [6.45, 7) is 3.27. The molecule has 0 aromatic carbocycles. The molecule has 1 saturated carbocycles. The predicted octanol–water partition coefficient (Wildman–Crippen LogP) is 1.97. The van der Waals surface area contributed by atoms with Crippen LogP contribution in [0.3, 0.4) is 0 Å². The van der Waals surface area contributed by atoms with Gasteiger partial charge >= 0.3 is 0 Å². The van der Waals surface area contributed by atoms with Gasteiger partial charge < -0.3 is 16.5 Å². The molecule has 6 nitrogen and oxygen atoms in total. The van der Waals surface area contributed by atoms with E-state index in [1.54, 1.807) is 6.07 Å². The summed E-state index contributed by atoms with van der Waals surface area (Å²) >= 11 is 0. The van der Waals surface area contributed by atoms with Crippen molar-refractivity contribution in [3.63, 3.8) is 0 Å². The van der Waals surface area contributed by atoms with Crippen LogP contribution in [-0.2, 0) is 0 Å². The molecule has 6 heteroatoms. The van der Waals surface area contributed by atoms with Crippen LogP contribution in [-0.4, -0.2) is 16.5 Å². The van der Waals surface area contributed by atoms with Gasteiger partial charge in [0.2, 0.25) is 5.95 Å². The van der Waals surface area contributed by atoms with E-state index in [1.165, 1.54) is 32.1 Å². The number of nitrogens with one attached hydrogen (secondary N) is 2. The summed E-state index contributed by atoms with van der Waals surface area (Å²) in [7, 11) is 0. The third kappa shape index (κ3) is 4.24. The van der Waals surface area contributed by atoms with Crippen molar-refractivity contribution in [2.75, 3.05) is 23.0 Å². The molecule has 0 radical (unpaired) electrons. The Morgan fingerprint density at radius 2 is 2.11 bits per heavy atom. The Bertz CT molecular complexity index is 408. The lowest BCUT2D eigenvalue weighted by Gasteiger charge is -2.26. The predicted molar refractivity (Wildman–Crippen MR) is 78.5 cm³/mol. The molecular weight excluding hydrogens is 240 g/mol. The van der Waals surface area contributed by atoms with E-state index in [0.29, 0.717) is 5.82 Å². The molecular formula is C13H24N6. The molecule has 0 spiro atoms. The summed E-state index contributed by atoms with van der Waals surface area (Å²) in [4.78, 5) is 8.09.